The van der Waals surface area contributed by atoms with Crippen LogP contribution in [0.2, 0.25) is 10.0 Å². The van der Waals surface area contributed by atoms with Crippen LogP contribution in [-0.2, 0) is 0 Å². The number of hydrogen-bond acceptors (Lipinski definition) is 4. The van der Waals surface area contributed by atoms with E-state index in [1.807, 2.05) is 20.8 Å². The summed E-state index contributed by atoms with van der Waals surface area (Å²) >= 11 is 11.9. The first-order valence-corrected chi connectivity index (χ1v) is 8.08. The Kier molecular flexibility index (Phi) is 7.77. The van der Waals surface area contributed by atoms with Crippen LogP contribution in [0.5, 0.6) is 5.88 Å². The van der Waals surface area contributed by atoms with Crippen LogP contribution in [0.4, 0.5) is 0 Å². The number of aromatic nitrogens is 1. The van der Waals surface area contributed by atoms with Gasteiger partial charge in [0.05, 0.1) is 28.3 Å². The fourth-order valence-electron chi connectivity index (χ4n) is 2.26. The van der Waals surface area contributed by atoms with Crippen LogP contribution in [0, 0.1) is 6.92 Å². The summed E-state index contributed by atoms with van der Waals surface area (Å²) in [6, 6.07) is 7.95. The van der Waals surface area contributed by atoms with E-state index in [-0.39, 0.29) is 18.5 Å². The third-order valence-corrected chi connectivity index (χ3v) is 4.18. The van der Waals surface area contributed by atoms with Gasteiger partial charge in [-0.05, 0) is 44.5 Å². The molecule has 0 aliphatic carbocycles. The number of aryl methyl sites for hydroxylation is 1. The van der Waals surface area contributed by atoms with Crippen molar-refractivity contribution < 1.29 is 9.84 Å². The predicted octanol–water partition coefficient (Wildman–Crippen LogP) is 4.64. The summed E-state index contributed by atoms with van der Waals surface area (Å²) in [5, 5.41) is 11.4. The Hall–Kier alpha value is -1.04. The number of rotatable bonds is 5. The van der Waals surface area contributed by atoms with Crippen molar-refractivity contribution in [1.29, 1.82) is 0 Å². The zero-order valence-electron chi connectivity index (χ0n) is 13.7. The van der Waals surface area contributed by atoms with Gasteiger partial charge in [0.1, 0.15) is 0 Å². The largest absolute Gasteiger partial charge is 0.475 e. The molecule has 0 radical (unpaired) electrons. The lowest BCUT2D eigenvalue weighted by molar-refractivity contribution is 0.145. The number of aliphatic hydroxyl groups is 1. The second-order valence-electron chi connectivity index (χ2n) is 5.63. The SMILES string of the molecule is Cc1nc(OC(C)C)ccc1[C@@H](O)[C@@H](N)c1ccc(Cl)c(Cl)c1.Cl. The Labute approximate surface area is 158 Å². The molecule has 0 unspecified atom stereocenters. The van der Waals surface area contributed by atoms with Crippen molar-refractivity contribution in [2.24, 2.45) is 5.73 Å². The van der Waals surface area contributed by atoms with Crippen LogP contribution < -0.4 is 10.5 Å². The fourth-order valence-corrected chi connectivity index (χ4v) is 2.57. The summed E-state index contributed by atoms with van der Waals surface area (Å²) in [5.74, 6) is 0.525. The second kappa shape index (κ2) is 8.88. The quantitative estimate of drug-likeness (QED) is 0.779. The van der Waals surface area contributed by atoms with E-state index >= 15 is 0 Å². The van der Waals surface area contributed by atoms with Gasteiger partial charge in [-0.2, -0.15) is 0 Å². The lowest BCUT2D eigenvalue weighted by Crippen LogP contribution is -2.21. The van der Waals surface area contributed by atoms with Gasteiger partial charge in [-0.1, -0.05) is 29.3 Å². The fraction of sp³-hybridized carbons (Fsp3) is 0.353. The molecule has 1 aromatic carbocycles. The van der Waals surface area contributed by atoms with Crippen LogP contribution in [-0.4, -0.2) is 16.2 Å². The molecule has 2 aromatic rings. The molecule has 0 aliphatic rings. The van der Waals surface area contributed by atoms with Gasteiger partial charge in [-0.25, -0.2) is 4.98 Å². The minimum atomic E-state index is -0.909. The second-order valence-corrected chi connectivity index (χ2v) is 6.45. The Morgan fingerprint density at radius 3 is 2.33 bits per heavy atom. The molecule has 0 fully saturated rings. The molecule has 0 spiro atoms. The van der Waals surface area contributed by atoms with Gasteiger partial charge in [0.25, 0.3) is 0 Å². The van der Waals surface area contributed by atoms with E-state index in [2.05, 4.69) is 4.98 Å². The molecule has 0 amide bonds. The molecular formula is C17H21Cl3N2O2. The normalized spacial score (nSPS) is 13.3. The van der Waals surface area contributed by atoms with Gasteiger partial charge in [0.2, 0.25) is 5.88 Å². The predicted molar refractivity (Wildman–Crippen MR) is 100 cm³/mol. The van der Waals surface area contributed by atoms with Crippen molar-refractivity contribution in [2.75, 3.05) is 0 Å². The zero-order chi connectivity index (χ0) is 17.1. The first-order valence-electron chi connectivity index (χ1n) is 7.32. The van der Waals surface area contributed by atoms with E-state index in [9.17, 15) is 5.11 Å². The molecule has 1 aromatic heterocycles. The van der Waals surface area contributed by atoms with Gasteiger partial charge in [-0.3, -0.25) is 0 Å². The maximum Gasteiger partial charge on any atom is 0.213 e. The lowest BCUT2D eigenvalue weighted by Gasteiger charge is -2.21. The number of ether oxygens (including phenoxy) is 1. The molecule has 24 heavy (non-hydrogen) atoms. The van der Waals surface area contributed by atoms with Gasteiger partial charge in [0, 0.05) is 17.3 Å². The third kappa shape index (κ3) is 4.98. The smallest absolute Gasteiger partial charge is 0.213 e. The zero-order valence-corrected chi connectivity index (χ0v) is 16.0. The van der Waals surface area contributed by atoms with Crippen LogP contribution >= 0.6 is 35.6 Å². The van der Waals surface area contributed by atoms with E-state index in [0.717, 1.165) is 0 Å². The number of benzene rings is 1. The van der Waals surface area contributed by atoms with E-state index in [4.69, 9.17) is 33.7 Å². The summed E-state index contributed by atoms with van der Waals surface area (Å²) in [5.41, 5.74) is 8.19. The molecule has 3 N–H and O–H groups in total. The van der Waals surface area contributed by atoms with Gasteiger partial charge in [0.15, 0.2) is 0 Å². The van der Waals surface area contributed by atoms with Crippen LogP contribution in [0.1, 0.15) is 42.8 Å². The van der Waals surface area contributed by atoms with E-state index in [1.54, 1.807) is 30.3 Å². The summed E-state index contributed by atoms with van der Waals surface area (Å²) in [6.07, 6.45) is -0.871. The average molecular weight is 392 g/mol. The highest BCUT2D eigenvalue weighted by Gasteiger charge is 2.22. The highest BCUT2D eigenvalue weighted by atomic mass is 35.5. The van der Waals surface area contributed by atoms with Crippen molar-refractivity contribution in [1.82, 2.24) is 4.98 Å². The van der Waals surface area contributed by atoms with Crippen molar-refractivity contribution in [2.45, 2.75) is 39.0 Å². The van der Waals surface area contributed by atoms with Gasteiger partial charge < -0.3 is 15.6 Å². The van der Waals surface area contributed by atoms with Gasteiger partial charge >= 0.3 is 0 Å². The molecule has 132 valence electrons. The maximum atomic E-state index is 10.6. The highest BCUT2D eigenvalue weighted by Crippen LogP contribution is 2.32. The first kappa shape index (κ1) is 21.0. The first-order chi connectivity index (χ1) is 10.8. The highest BCUT2D eigenvalue weighted by molar-refractivity contribution is 6.42. The molecule has 0 saturated carbocycles. The van der Waals surface area contributed by atoms with E-state index in [1.165, 1.54) is 0 Å². The van der Waals surface area contributed by atoms with E-state index < -0.39 is 12.1 Å². The molecule has 0 bridgehead atoms. The van der Waals surface area contributed by atoms with Gasteiger partial charge in [-0.15, -0.1) is 12.4 Å². The third-order valence-electron chi connectivity index (χ3n) is 3.44. The molecule has 2 rings (SSSR count). The summed E-state index contributed by atoms with van der Waals surface area (Å²) in [7, 11) is 0. The summed E-state index contributed by atoms with van der Waals surface area (Å²) < 4.78 is 5.55. The average Bonchev–Trinajstić information content (AvgIpc) is 2.48. The Morgan fingerprint density at radius 2 is 1.79 bits per heavy atom. The number of nitrogens with two attached hydrogens (primary N) is 1. The van der Waals surface area contributed by atoms with Crippen molar-refractivity contribution >= 4 is 35.6 Å². The Bertz CT molecular complexity index is 696. The Balaban J connectivity index is 0.00000288. The molecule has 4 nitrogen and oxygen atoms in total. The minimum Gasteiger partial charge on any atom is -0.475 e. The summed E-state index contributed by atoms with van der Waals surface area (Å²) in [4.78, 5) is 4.36. The number of halogens is 3. The van der Waals surface area contributed by atoms with Crippen LogP contribution in [0.3, 0.4) is 0 Å². The van der Waals surface area contributed by atoms with Crippen molar-refractivity contribution in [3.8, 4) is 5.88 Å². The lowest BCUT2D eigenvalue weighted by atomic mass is 9.96. The van der Waals surface area contributed by atoms with Crippen LogP contribution in [0.25, 0.3) is 0 Å². The maximum absolute atomic E-state index is 10.6. The molecule has 7 heteroatoms. The number of hydrogen-bond donors (Lipinski definition) is 2. The van der Waals surface area contributed by atoms with Crippen molar-refractivity contribution in [3.63, 3.8) is 0 Å². The standard InChI is InChI=1S/C17H20Cl2N2O2.ClH/c1-9(2)23-15-7-5-12(10(3)21-15)17(22)16(20)11-4-6-13(18)14(19)8-11;/h4-9,16-17,22H,20H2,1-3H3;1H/t16-,17+;/m0./s1. The molecule has 1 heterocycles. The Morgan fingerprint density at radius 1 is 1.12 bits per heavy atom. The van der Waals surface area contributed by atoms with Crippen molar-refractivity contribution in [3.05, 3.63) is 57.2 Å². The topological polar surface area (TPSA) is 68.4 Å². The number of nitrogens with zero attached hydrogens (tertiary/aromatic N) is 1. The van der Waals surface area contributed by atoms with E-state index in [0.29, 0.717) is 32.7 Å². The number of pyridine rings is 1. The van der Waals surface area contributed by atoms with Crippen LogP contribution in [0.15, 0.2) is 30.3 Å². The molecule has 0 saturated heterocycles. The molecule has 0 aliphatic heterocycles. The summed E-state index contributed by atoms with van der Waals surface area (Å²) in [6.45, 7) is 5.67. The number of aliphatic hydroxyl groups excluding tert-OH is 1. The molecular weight excluding hydrogens is 371 g/mol. The minimum absolute atomic E-state index is 0. The molecule has 2 atom stereocenters. The monoisotopic (exact) mass is 390 g/mol.